The van der Waals surface area contributed by atoms with Crippen molar-refractivity contribution in [3.63, 3.8) is 0 Å². The van der Waals surface area contributed by atoms with Crippen LogP contribution in [0.5, 0.6) is 11.5 Å². The molecule has 1 heterocycles. The first kappa shape index (κ1) is 16.0. The topological polar surface area (TPSA) is 80.2 Å². The Labute approximate surface area is 124 Å². The lowest BCUT2D eigenvalue weighted by Gasteiger charge is -2.17. The fourth-order valence-corrected chi connectivity index (χ4v) is 2.04. The van der Waals surface area contributed by atoms with Gasteiger partial charge in [-0.15, -0.1) is 0 Å². The molecule has 2 rings (SSSR count). The van der Waals surface area contributed by atoms with Gasteiger partial charge in [-0.05, 0) is 24.1 Å². The van der Waals surface area contributed by atoms with Gasteiger partial charge in [-0.1, -0.05) is 13.0 Å². The first-order chi connectivity index (χ1) is 10.2. The molecule has 6 nitrogen and oxygen atoms in total. The number of ether oxygens (including phenoxy) is 3. The standard InChI is InChI=1S/C15H23NO5/c1-2-12(7-17)16-6-13(18)9-19-8-11-3-4-14-15(5-11)21-10-20-14/h3-5,12-13,16-18H,2,6-10H2,1H3/t12-,13-/m1/s1. The van der Waals surface area contributed by atoms with Gasteiger partial charge < -0.3 is 29.7 Å². The van der Waals surface area contributed by atoms with Gasteiger partial charge in [0.25, 0.3) is 0 Å². The molecular formula is C15H23NO5. The van der Waals surface area contributed by atoms with E-state index in [-0.39, 0.29) is 26.0 Å². The Morgan fingerprint density at radius 2 is 2.14 bits per heavy atom. The Hall–Kier alpha value is -1.34. The highest BCUT2D eigenvalue weighted by molar-refractivity contribution is 5.44. The van der Waals surface area contributed by atoms with E-state index in [9.17, 15) is 5.11 Å². The summed E-state index contributed by atoms with van der Waals surface area (Å²) in [5.74, 6) is 1.48. The van der Waals surface area contributed by atoms with Crippen molar-refractivity contribution in [3.8, 4) is 11.5 Å². The number of rotatable bonds is 9. The maximum Gasteiger partial charge on any atom is 0.231 e. The van der Waals surface area contributed by atoms with Crippen molar-refractivity contribution in [1.29, 1.82) is 0 Å². The van der Waals surface area contributed by atoms with Crippen LogP contribution >= 0.6 is 0 Å². The van der Waals surface area contributed by atoms with Crippen molar-refractivity contribution in [2.24, 2.45) is 0 Å². The first-order valence-corrected chi connectivity index (χ1v) is 7.21. The average Bonchev–Trinajstić information content (AvgIpc) is 2.96. The summed E-state index contributed by atoms with van der Waals surface area (Å²) in [6, 6.07) is 5.67. The van der Waals surface area contributed by atoms with Crippen LogP contribution in [0.2, 0.25) is 0 Å². The second-order valence-electron chi connectivity index (χ2n) is 5.05. The number of aliphatic hydroxyl groups is 2. The Bertz CT molecular complexity index is 436. The highest BCUT2D eigenvalue weighted by Gasteiger charge is 2.13. The first-order valence-electron chi connectivity index (χ1n) is 7.21. The summed E-state index contributed by atoms with van der Waals surface area (Å²) >= 11 is 0. The maximum absolute atomic E-state index is 9.81. The third kappa shape index (κ3) is 4.86. The monoisotopic (exact) mass is 297 g/mol. The van der Waals surface area contributed by atoms with Crippen molar-refractivity contribution < 1.29 is 24.4 Å². The normalized spacial score (nSPS) is 16.0. The predicted molar refractivity (Wildman–Crippen MR) is 77.4 cm³/mol. The van der Waals surface area contributed by atoms with E-state index in [0.29, 0.717) is 13.2 Å². The molecule has 1 aromatic carbocycles. The molecule has 0 saturated carbocycles. The molecule has 6 heteroatoms. The van der Waals surface area contributed by atoms with E-state index in [1.54, 1.807) is 0 Å². The number of benzene rings is 1. The SMILES string of the molecule is CC[C@H](CO)NC[C@@H](O)COCc1ccc2c(c1)OCO2. The third-order valence-electron chi connectivity index (χ3n) is 3.37. The van der Waals surface area contributed by atoms with Crippen molar-refractivity contribution >= 4 is 0 Å². The van der Waals surface area contributed by atoms with Crippen LogP contribution in [-0.4, -0.2) is 48.9 Å². The molecular weight excluding hydrogens is 274 g/mol. The Balaban J connectivity index is 1.67. The summed E-state index contributed by atoms with van der Waals surface area (Å²) in [5.41, 5.74) is 0.973. The molecule has 0 amide bonds. The molecule has 21 heavy (non-hydrogen) atoms. The summed E-state index contributed by atoms with van der Waals surface area (Å²) in [6.07, 6.45) is 0.223. The molecule has 1 aromatic rings. The molecule has 2 atom stereocenters. The minimum Gasteiger partial charge on any atom is -0.454 e. The molecule has 0 unspecified atom stereocenters. The van der Waals surface area contributed by atoms with E-state index in [1.807, 2.05) is 25.1 Å². The van der Waals surface area contributed by atoms with Crippen LogP contribution in [0.15, 0.2) is 18.2 Å². The minimum atomic E-state index is -0.598. The zero-order valence-electron chi connectivity index (χ0n) is 12.2. The summed E-state index contributed by atoms with van der Waals surface area (Å²) < 4.78 is 16.0. The van der Waals surface area contributed by atoms with Crippen LogP contribution in [0.1, 0.15) is 18.9 Å². The quantitative estimate of drug-likeness (QED) is 0.621. The van der Waals surface area contributed by atoms with E-state index >= 15 is 0 Å². The Morgan fingerprint density at radius 1 is 1.33 bits per heavy atom. The van der Waals surface area contributed by atoms with Crippen molar-refractivity contribution in [2.75, 3.05) is 26.6 Å². The second-order valence-corrected chi connectivity index (χ2v) is 5.05. The fourth-order valence-electron chi connectivity index (χ4n) is 2.04. The Morgan fingerprint density at radius 3 is 2.90 bits per heavy atom. The zero-order chi connectivity index (χ0) is 15.1. The number of aliphatic hydroxyl groups excluding tert-OH is 2. The van der Waals surface area contributed by atoms with Crippen LogP contribution in [0.4, 0.5) is 0 Å². The van der Waals surface area contributed by atoms with Crippen LogP contribution < -0.4 is 14.8 Å². The highest BCUT2D eigenvalue weighted by Crippen LogP contribution is 2.32. The molecule has 1 aliphatic rings. The van der Waals surface area contributed by atoms with E-state index in [2.05, 4.69) is 5.32 Å². The van der Waals surface area contributed by atoms with Gasteiger partial charge in [0.15, 0.2) is 11.5 Å². The lowest BCUT2D eigenvalue weighted by molar-refractivity contribution is 0.0265. The summed E-state index contributed by atoms with van der Waals surface area (Å²) in [7, 11) is 0. The summed E-state index contributed by atoms with van der Waals surface area (Å²) in [5, 5.41) is 21.9. The van der Waals surface area contributed by atoms with Crippen LogP contribution in [0, 0.1) is 0 Å². The molecule has 0 aliphatic carbocycles. The van der Waals surface area contributed by atoms with Gasteiger partial charge in [0.2, 0.25) is 6.79 Å². The number of hydrogen-bond donors (Lipinski definition) is 3. The van der Waals surface area contributed by atoms with Crippen molar-refractivity contribution in [2.45, 2.75) is 32.1 Å². The lowest BCUT2D eigenvalue weighted by Crippen LogP contribution is -2.39. The van der Waals surface area contributed by atoms with Gasteiger partial charge in [0, 0.05) is 12.6 Å². The van der Waals surface area contributed by atoms with Crippen molar-refractivity contribution in [1.82, 2.24) is 5.32 Å². The molecule has 3 N–H and O–H groups in total. The smallest absolute Gasteiger partial charge is 0.231 e. The Kier molecular flexibility index (Phi) is 6.25. The molecule has 0 radical (unpaired) electrons. The van der Waals surface area contributed by atoms with Gasteiger partial charge in [-0.25, -0.2) is 0 Å². The molecule has 0 aromatic heterocycles. The predicted octanol–water partition coefficient (Wildman–Crippen LogP) is 0.653. The van der Waals surface area contributed by atoms with Gasteiger partial charge in [0.1, 0.15) is 0 Å². The van der Waals surface area contributed by atoms with E-state index in [1.165, 1.54) is 0 Å². The molecule has 0 spiro atoms. The third-order valence-corrected chi connectivity index (χ3v) is 3.37. The largest absolute Gasteiger partial charge is 0.454 e. The highest BCUT2D eigenvalue weighted by atomic mass is 16.7. The van der Waals surface area contributed by atoms with Crippen LogP contribution in [0.3, 0.4) is 0 Å². The van der Waals surface area contributed by atoms with Gasteiger partial charge in [0.05, 0.1) is 25.9 Å². The van der Waals surface area contributed by atoms with Crippen molar-refractivity contribution in [3.05, 3.63) is 23.8 Å². The van der Waals surface area contributed by atoms with Gasteiger partial charge in [-0.2, -0.15) is 0 Å². The number of nitrogens with one attached hydrogen (secondary N) is 1. The van der Waals surface area contributed by atoms with Crippen LogP contribution in [0.25, 0.3) is 0 Å². The van der Waals surface area contributed by atoms with Gasteiger partial charge in [-0.3, -0.25) is 0 Å². The van der Waals surface area contributed by atoms with E-state index in [0.717, 1.165) is 23.5 Å². The molecule has 0 saturated heterocycles. The molecule has 0 fully saturated rings. The fraction of sp³-hybridized carbons (Fsp3) is 0.600. The van der Waals surface area contributed by atoms with E-state index in [4.69, 9.17) is 19.3 Å². The average molecular weight is 297 g/mol. The summed E-state index contributed by atoms with van der Waals surface area (Å²) in [6.45, 7) is 3.36. The molecule has 1 aliphatic heterocycles. The lowest BCUT2D eigenvalue weighted by atomic mass is 10.2. The maximum atomic E-state index is 9.81. The second kappa shape index (κ2) is 8.19. The molecule has 118 valence electrons. The minimum absolute atomic E-state index is 0.0218. The zero-order valence-corrected chi connectivity index (χ0v) is 12.2. The van der Waals surface area contributed by atoms with Gasteiger partial charge >= 0.3 is 0 Å². The number of hydrogen-bond acceptors (Lipinski definition) is 6. The molecule has 0 bridgehead atoms. The van der Waals surface area contributed by atoms with Crippen LogP contribution in [-0.2, 0) is 11.3 Å². The summed E-state index contributed by atoms with van der Waals surface area (Å²) in [4.78, 5) is 0. The van der Waals surface area contributed by atoms with E-state index < -0.39 is 6.10 Å². The number of fused-ring (bicyclic) bond motifs is 1.